The molecule has 4 aromatic carbocycles. The summed E-state index contributed by atoms with van der Waals surface area (Å²) in [6.07, 6.45) is -0.747. The third-order valence-electron chi connectivity index (χ3n) is 17.1. The molecule has 0 spiro atoms. The molecule has 456 valence electrons. The van der Waals surface area contributed by atoms with Crippen LogP contribution in [0.4, 0.5) is 39.8 Å². The van der Waals surface area contributed by atoms with Gasteiger partial charge < -0.3 is 50.0 Å². The largest absolute Gasteiger partial charge is 0.465 e. The number of carbonyl (C=O) groups excluding carboxylic acids is 6. The maximum absolute atomic E-state index is 15.3. The van der Waals surface area contributed by atoms with Crippen LogP contribution >= 0.6 is 0 Å². The number of fused-ring (bicyclic) bond motifs is 2. The molecule has 0 bridgehead atoms. The first-order valence-electron chi connectivity index (χ1n) is 28.9. The number of likely N-dealkylation sites (N-methyl/N-ethyl adjacent to an activating group) is 1. The van der Waals surface area contributed by atoms with Crippen LogP contribution in [0.5, 0.6) is 0 Å². The van der Waals surface area contributed by atoms with E-state index in [0.717, 1.165) is 34.2 Å². The molecule has 20 nitrogen and oxygen atoms in total. The normalized spacial score (nSPS) is 22.6. The predicted molar refractivity (Wildman–Crippen MR) is 309 cm³/mol. The third kappa shape index (κ3) is 13.7. The van der Waals surface area contributed by atoms with Crippen molar-refractivity contribution in [3.63, 3.8) is 0 Å². The molecule has 5 unspecified atom stereocenters. The van der Waals surface area contributed by atoms with E-state index in [9.17, 15) is 28.7 Å². The number of morpholine rings is 1. The molecule has 3 saturated heterocycles. The maximum atomic E-state index is 15.3. The first kappa shape index (κ1) is 61.9. The van der Waals surface area contributed by atoms with Gasteiger partial charge in [0, 0.05) is 89.0 Å². The Labute approximate surface area is 492 Å². The minimum Gasteiger partial charge on any atom is -0.465 e. The second kappa shape index (κ2) is 25.5. The van der Waals surface area contributed by atoms with Gasteiger partial charge in [0.1, 0.15) is 46.9 Å². The summed E-state index contributed by atoms with van der Waals surface area (Å²) in [6, 6.07) is 14.8. The zero-order valence-corrected chi connectivity index (χ0v) is 49.3. The molecule has 23 heteroatoms. The van der Waals surface area contributed by atoms with Gasteiger partial charge in [-0.05, 0) is 144 Å². The van der Waals surface area contributed by atoms with E-state index >= 15 is 23.2 Å². The first-order valence-corrected chi connectivity index (χ1v) is 28.9. The molecule has 7 amide bonds. The summed E-state index contributed by atoms with van der Waals surface area (Å²) in [5, 5.41) is 18.4. The lowest BCUT2D eigenvalue weighted by Crippen LogP contribution is -2.64. The summed E-state index contributed by atoms with van der Waals surface area (Å²) < 4.78 is 61.4. The van der Waals surface area contributed by atoms with Crippen LogP contribution in [0.25, 0.3) is 0 Å². The number of hydrogen-bond donors (Lipinski definition) is 4. The average molecular weight is 1180 g/mol. The van der Waals surface area contributed by atoms with E-state index in [1.165, 1.54) is 42.0 Å². The van der Waals surface area contributed by atoms with Crippen molar-refractivity contribution >= 4 is 58.8 Å². The molecule has 0 aromatic heterocycles. The van der Waals surface area contributed by atoms with Crippen LogP contribution in [0.15, 0.2) is 78.9 Å². The van der Waals surface area contributed by atoms with E-state index in [1.54, 1.807) is 69.9 Å². The monoisotopic (exact) mass is 1180 g/mol. The van der Waals surface area contributed by atoms with E-state index in [-0.39, 0.29) is 81.0 Å². The molecule has 9 rings (SSSR count). The highest BCUT2D eigenvalue weighted by Gasteiger charge is 2.49. The van der Waals surface area contributed by atoms with Crippen molar-refractivity contribution in [3.8, 4) is 0 Å². The maximum Gasteiger partial charge on any atom is 0.410 e. The minimum absolute atomic E-state index is 0.0665. The Morgan fingerprint density at radius 3 is 2.20 bits per heavy atom. The van der Waals surface area contributed by atoms with E-state index < -0.39 is 94.2 Å². The Hall–Kier alpha value is -7.60. The van der Waals surface area contributed by atoms with Gasteiger partial charge in [-0.1, -0.05) is 36.4 Å². The second-order valence-corrected chi connectivity index (χ2v) is 24.3. The molecule has 5 aliphatic heterocycles. The van der Waals surface area contributed by atoms with Crippen LogP contribution < -0.4 is 20.9 Å². The summed E-state index contributed by atoms with van der Waals surface area (Å²) in [4.78, 5) is 110. The van der Waals surface area contributed by atoms with Gasteiger partial charge in [0.2, 0.25) is 23.6 Å². The topological polar surface area (TPSA) is 223 Å². The number of para-hydroxylation sites is 1. The van der Waals surface area contributed by atoms with Crippen LogP contribution in [0, 0.1) is 23.4 Å². The number of carboxylic acid groups (broad SMARTS) is 1. The quantitative estimate of drug-likeness (QED) is 0.0953. The summed E-state index contributed by atoms with van der Waals surface area (Å²) in [7, 11) is 1.40. The van der Waals surface area contributed by atoms with Crippen LogP contribution in [-0.2, 0) is 56.6 Å². The van der Waals surface area contributed by atoms with Crippen LogP contribution in [0.3, 0.4) is 0 Å². The number of halogens is 3. The number of rotatable bonds is 15. The Morgan fingerprint density at radius 1 is 0.835 bits per heavy atom. The van der Waals surface area contributed by atoms with Crippen molar-refractivity contribution in [3.05, 3.63) is 124 Å². The van der Waals surface area contributed by atoms with Gasteiger partial charge in [-0.3, -0.25) is 38.7 Å². The number of benzene rings is 4. The van der Waals surface area contributed by atoms with Gasteiger partial charge in [0.05, 0.1) is 25.2 Å². The fourth-order valence-corrected chi connectivity index (χ4v) is 12.1. The van der Waals surface area contributed by atoms with E-state index in [1.807, 2.05) is 24.0 Å². The standard InChI is InChI=1S/C62H76F3N9O11/c1-36-29-71(45(32-72(36)59(80)81)31-70-22-25-84-34-37(70)2)33-51(75)74-35-62(7,47-19-14-40(27-50(47)74)26-39-12-16-43(63)17-13-39)58(79)66-44-18-15-42-30-73(54(46(42)28-44)56(77)68-53-48(64)10-9-11-49(53)65)57(78)52(41-20-23-83-24-21-41)67-55(76)38(3)69(8)60(82)85-61(4,5)6/h9-19,27-28,36-38,41,45,52,54H,20-26,29-35H2,1-8H3,(H,66,79)(H,67,76)(H,68,77)(H,80,81)/t36-,37?,38?,45+,52?,54?,62?/m1/s1. The van der Waals surface area contributed by atoms with Crippen LogP contribution in [0.1, 0.15) is 95.2 Å². The number of anilines is 3. The molecular formula is C62H76F3N9O11. The molecule has 0 saturated carbocycles. The summed E-state index contributed by atoms with van der Waals surface area (Å²) in [5.41, 5.74) is 0.433. The SMILES string of the molecule is CC1COCCN1C[C@H]1CN(C(=O)O)[C@H](C)CN1CC(=O)N1CC(C)(C(=O)Nc2ccc3c(c2)C(C(=O)Nc2c(F)cccc2F)N(C(=O)C(NC(=O)C(C)N(C)C(=O)OC(C)(C)C)C2CCOCC2)C3)c2ccc(Cc3ccc(F)cc3)cc21. The molecule has 3 fully saturated rings. The summed E-state index contributed by atoms with van der Waals surface area (Å²) in [5.74, 6) is -6.25. The first-order chi connectivity index (χ1) is 40.3. The molecule has 5 aliphatic rings. The Bertz CT molecular complexity index is 3180. The highest BCUT2D eigenvalue weighted by atomic mass is 19.1. The van der Waals surface area contributed by atoms with Crippen LogP contribution in [0.2, 0.25) is 0 Å². The number of carbonyl (C=O) groups is 7. The predicted octanol–water partition coefficient (Wildman–Crippen LogP) is 6.90. The highest BCUT2D eigenvalue weighted by Crippen LogP contribution is 2.44. The molecular weight excluding hydrogens is 1100 g/mol. The molecule has 4 N–H and O–H groups in total. The molecule has 7 atom stereocenters. The third-order valence-corrected chi connectivity index (χ3v) is 17.1. The van der Waals surface area contributed by atoms with Crippen molar-refractivity contribution in [2.75, 3.05) is 88.3 Å². The molecule has 0 radical (unpaired) electrons. The number of nitrogens with one attached hydrogen (secondary N) is 3. The van der Waals surface area contributed by atoms with Gasteiger partial charge in [-0.25, -0.2) is 22.8 Å². The van der Waals surface area contributed by atoms with Crippen molar-refractivity contribution in [2.45, 2.75) is 122 Å². The number of nitrogens with zero attached hydrogens (tertiary/aromatic N) is 6. The minimum atomic E-state index is -1.56. The van der Waals surface area contributed by atoms with E-state index in [4.69, 9.17) is 14.2 Å². The van der Waals surface area contributed by atoms with Crippen molar-refractivity contribution < 1.29 is 66.1 Å². The van der Waals surface area contributed by atoms with Gasteiger partial charge in [-0.2, -0.15) is 0 Å². The Kier molecular flexibility index (Phi) is 18.6. The fourth-order valence-electron chi connectivity index (χ4n) is 12.1. The lowest BCUT2D eigenvalue weighted by atomic mass is 9.82. The summed E-state index contributed by atoms with van der Waals surface area (Å²) in [6.45, 7) is 14.9. The lowest BCUT2D eigenvalue weighted by molar-refractivity contribution is -0.144. The zero-order valence-electron chi connectivity index (χ0n) is 49.3. The van der Waals surface area contributed by atoms with E-state index in [0.29, 0.717) is 62.4 Å². The van der Waals surface area contributed by atoms with Crippen molar-refractivity contribution in [1.29, 1.82) is 0 Å². The molecule has 5 heterocycles. The fraction of sp³-hybridized carbons (Fsp3) is 0.500. The van der Waals surface area contributed by atoms with Gasteiger partial charge >= 0.3 is 12.2 Å². The number of ether oxygens (including phenoxy) is 3. The van der Waals surface area contributed by atoms with Crippen molar-refractivity contribution in [2.24, 2.45) is 5.92 Å². The molecule has 4 aromatic rings. The molecule has 85 heavy (non-hydrogen) atoms. The van der Waals surface area contributed by atoms with Crippen LogP contribution in [-0.4, -0.2) is 180 Å². The smallest absolute Gasteiger partial charge is 0.410 e. The number of hydrogen-bond acceptors (Lipinski definition) is 12. The van der Waals surface area contributed by atoms with Crippen molar-refractivity contribution in [1.82, 2.24) is 29.8 Å². The Balaban J connectivity index is 1.02. The number of piperazine rings is 1. The van der Waals surface area contributed by atoms with Gasteiger partial charge in [0.25, 0.3) is 5.91 Å². The van der Waals surface area contributed by atoms with Gasteiger partial charge in [-0.15, -0.1) is 0 Å². The van der Waals surface area contributed by atoms with E-state index in [2.05, 4.69) is 20.9 Å². The Morgan fingerprint density at radius 2 is 1.53 bits per heavy atom. The lowest BCUT2D eigenvalue weighted by Gasteiger charge is -2.47. The zero-order chi connectivity index (χ0) is 61.2. The number of amides is 7. The van der Waals surface area contributed by atoms with Gasteiger partial charge in [0.15, 0.2) is 0 Å². The molecule has 0 aliphatic carbocycles. The second-order valence-electron chi connectivity index (χ2n) is 24.3. The highest BCUT2D eigenvalue weighted by molar-refractivity contribution is 6.07. The average Bonchev–Trinajstić information content (AvgIpc) is 2.26. The summed E-state index contributed by atoms with van der Waals surface area (Å²) >= 11 is 0.